The highest BCUT2D eigenvalue weighted by molar-refractivity contribution is 6.35. The zero-order valence-corrected chi connectivity index (χ0v) is 13.9. The monoisotopic (exact) mass is 344 g/mol. The van der Waals surface area contributed by atoms with E-state index in [4.69, 9.17) is 23.2 Å². The van der Waals surface area contributed by atoms with Crippen molar-refractivity contribution < 1.29 is 4.79 Å². The average molecular weight is 345 g/mol. The Balaban J connectivity index is 2.20. The Hall–Kier alpha value is -2.28. The lowest BCUT2D eigenvalue weighted by atomic mass is 10.1. The number of benzene rings is 2. The van der Waals surface area contributed by atoms with Gasteiger partial charge in [0.1, 0.15) is 11.6 Å². The van der Waals surface area contributed by atoms with Crippen molar-refractivity contribution in [2.24, 2.45) is 0 Å². The van der Waals surface area contributed by atoms with Crippen molar-refractivity contribution in [1.29, 1.82) is 5.26 Å². The minimum atomic E-state index is -0.484. The number of nitrogens with zero attached hydrogens (tertiary/aromatic N) is 1. The molecule has 0 aliphatic rings. The SMILES string of the molecule is CCc1ccc(NC(=O)/C(C#N)=C\c2ccc(Cl)cc2Cl)cc1. The van der Waals surface area contributed by atoms with Gasteiger partial charge in [-0.15, -0.1) is 0 Å². The maximum Gasteiger partial charge on any atom is 0.266 e. The number of hydrogen-bond donors (Lipinski definition) is 1. The van der Waals surface area contributed by atoms with Crippen LogP contribution in [0.3, 0.4) is 0 Å². The second kappa shape index (κ2) is 7.82. The predicted molar refractivity (Wildman–Crippen MR) is 94.5 cm³/mol. The fraction of sp³-hybridized carbons (Fsp3) is 0.111. The van der Waals surface area contributed by atoms with Crippen LogP contribution in [0.2, 0.25) is 10.0 Å². The average Bonchev–Trinajstić information content (AvgIpc) is 2.54. The number of nitrogens with one attached hydrogen (secondary N) is 1. The van der Waals surface area contributed by atoms with Crippen molar-refractivity contribution in [3.8, 4) is 6.07 Å². The fourth-order valence-electron chi connectivity index (χ4n) is 1.94. The molecular formula is C18H14Cl2N2O. The number of halogens is 2. The van der Waals surface area contributed by atoms with Gasteiger partial charge in [0.25, 0.3) is 5.91 Å². The van der Waals surface area contributed by atoms with Crippen molar-refractivity contribution >= 4 is 40.9 Å². The minimum Gasteiger partial charge on any atom is -0.321 e. The van der Waals surface area contributed by atoms with Gasteiger partial charge in [-0.25, -0.2) is 0 Å². The molecule has 0 unspecified atom stereocenters. The van der Waals surface area contributed by atoms with Gasteiger partial charge in [-0.1, -0.05) is 48.3 Å². The number of carbonyl (C=O) groups excluding carboxylic acids is 1. The Kier molecular flexibility index (Phi) is 5.81. The number of amides is 1. The van der Waals surface area contributed by atoms with E-state index in [1.165, 1.54) is 11.6 Å². The highest BCUT2D eigenvalue weighted by Crippen LogP contribution is 2.23. The number of hydrogen-bond acceptors (Lipinski definition) is 2. The second-order valence-electron chi connectivity index (χ2n) is 4.84. The van der Waals surface area contributed by atoms with Gasteiger partial charge < -0.3 is 5.32 Å². The molecule has 0 saturated carbocycles. The normalized spacial score (nSPS) is 11.0. The Morgan fingerprint density at radius 2 is 1.91 bits per heavy atom. The summed E-state index contributed by atoms with van der Waals surface area (Å²) in [6.07, 6.45) is 2.36. The van der Waals surface area contributed by atoms with E-state index in [1.54, 1.807) is 30.3 Å². The Labute approximate surface area is 145 Å². The molecular weight excluding hydrogens is 331 g/mol. The number of nitriles is 1. The zero-order chi connectivity index (χ0) is 16.8. The van der Waals surface area contributed by atoms with Gasteiger partial charge in [0.2, 0.25) is 0 Å². The zero-order valence-electron chi connectivity index (χ0n) is 12.4. The van der Waals surface area contributed by atoms with E-state index in [9.17, 15) is 10.1 Å². The molecule has 1 N–H and O–H groups in total. The number of rotatable bonds is 4. The topological polar surface area (TPSA) is 52.9 Å². The molecule has 0 aromatic heterocycles. The van der Waals surface area contributed by atoms with Crippen molar-refractivity contribution in [3.63, 3.8) is 0 Å². The summed E-state index contributed by atoms with van der Waals surface area (Å²) in [4.78, 5) is 12.2. The first-order valence-electron chi connectivity index (χ1n) is 7.00. The summed E-state index contributed by atoms with van der Waals surface area (Å²) in [5.41, 5.74) is 2.33. The van der Waals surface area contributed by atoms with E-state index in [0.29, 0.717) is 21.3 Å². The molecule has 0 spiro atoms. The molecule has 0 fully saturated rings. The third kappa shape index (κ3) is 4.59. The maximum absolute atomic E-state index is 12.2. The molecule has 0 aliphatic carbocycles. The van der Waals surface area contributed by atoms with Crippen LogP contribution >= 0.6 is 23.2 Å². The smallest absolute Gasteiger partial charge is 0.266 e. The molecule has 0 aliphatic heterocycles. The number of carbonyl (C=O) groups is 1. The van der Waals surface area contributed by atoms with Crippen molar-refractivity contribution in [3.05, 3.63) is 69.2 Å². The third-order valence-corrected chi connectivity index (χ3v) is 3.81. The van der Waals surface area contributed by atoms with Crippen LogP contribution in [-0.4, -0.2) is 5.91 Å². The van der Waals surface area contributed by atoms with Gasteiger partial charge in [-0.3, -0.25) is 4.79 Å². The van der Waals surface area contributed by atoms with Gasteiger partial charge in [0.05, 0.1) is 0 Å². The van der Waals surface area contributed by atoms with Crippen LogP contribution in [0.1, 0.15) is 18.1 Å². The molecule has 2 rings (SSSR count). The van der Waals surface area contributed by atoms with Crippen LogP contribution in [0.25, 0.3) is 6.08 Å². The van der Waals surface area contributed by atoms with Crippen LogP contribution in [0.15, 0.2) is 48.0 Å². The molecule has 2 aromatic carbocycles. The Morgan fingerprint density at radius 3 is 2.48 bits per heavy atom. The molecule has 0 saturated heterocycles. The highest BCUT2D eigenvalue weighted by Gasteiger charge is 2.10. The van der Waals surface area contributed by atoms with E-state index in [1.807, 2.05) is 18.2 Å². The molecule has 0 heterocycles. The van der Waals surface area contributed by atoms with Gasteiger partial charge in [-0.2, -0.15) is 5.26 Å². The van der Waals surface area contributed by atoms with Gasteiger partial charge in [0.15, 0.2) is 0 Å². The summed E-state index contributed by atoms with van der Waals surface area (Å²) in [5.74, 6) is -0.484. The molecule has 0 radical (unpaired) electrons. The fourth-order valence-corrected chi connectivity index (χ4v) is 2.41. The maximum atomic E-state index is 12.2. The summed E-state index contributed by atoms with van der Waals surface area (Å²) in [5, 5.41) is 12.8. The van der Waals surface area contributed by atoms with Gasteiger partial charge in [-0.05, 0) is 47.9 Å². The Bertz CT molecular complexity index is 790. The lowest BCUT2D eigenvalue weighted by molar-refractivity contribution is -0.112. The summed E-state index contributed by atoms with van der Waals surface area (Å²) in [6, 6.07) is 14.2. The lowest BCUT2D eigenvalue weighted by Crippen LogP contribution is -2.13. The van der Waals surface area contributed by atoms with E-state index < -0.39 is 5.91 Å². The van der Waals surface area contributed by atoms with Crippen LogP contribution < -0.4 is 5.32 Å². The summed E-state index contributed by atoms with van der Waals surface area (Å²) in [6.45, 7) is 2.06. The first-order valence-corrected chi connectivity index (χ1v) is 7.76. The minimum absolute atomic E-state index is 0.0335. The molecule has 1 amide bonds. The van der Waals surface area contributed by atoms with Crippen LogP contribution in [-0.2, 0) is 11.2 Å². The van der Waals surface area contributed by atoms with Gasteiger partial charge >= 0.3 is 0 Å². The standard InChI is InChI=1S/C18H14Cl2N2O/c1-2-12-3-7-16(8-4-12)22-18(23)14(11-21)9-13-5-6-15(19)10-17(13)20/h3-10H,2H2,1H3,(H,22,23)/b14-9-. The van der Waals surface area contributed by atoms with Crippen molar-refractivity contribution in [2.45, 2.75) is 13.3 Å². The largest absolute Gasteiger partial charge is 0.321 e. The summed E-state index contributed by atoms with van der Waals surface area (Å²) >= 11 is 11.9. The molecule has 0 bridgehead atoms. The predicted octanol–water partition coefficient (Wildman–Crippen LogP) is 5.10. The van der Waals surface area contributed by atoms with Crippen LogP contribution in [0.4, 0.5) is 5.69 Å². The summed E-state index contributed by atoms with van der Waals surface area (Å²) < 4.78 is 0. The summed E-state index contributed by atoms with van der Waals surface area (Å²) in [7, 11) is 0. The molecule has 3 nitrogen and oxygen atoms in total. The Morgan fingerprint density at radius 1 is 1.22 bits per heavy atom. The van der Waals surface area contributed by atoms with Crippen molar-refractivity contribution in [2.75, 3.05) is 5.32 Å². The first kappa shape index (κ1) is 17.1. The van der Waals surface area contributed by atoms with Crippen LogP contribution in [0, 0.1) is 11.3 Å². The van der Waals surface area contributed by atoms with E-state index in [2.05, 4.69) is 12.2 Å². The van der Waals surface area contributed by atoms with E-state index in [0.717, 1.165) is 6.42 Å². The molecule has 23 heavy (non-hydrogen) atoms. The third-order valence-electron chi connectivity index (χ3n) is 3.25. The second-order valence-corrected chi connectivity index (χ2v) is 5.68. The van der Waals surface area contributed by atoms with Crippen molar-refractivity contribution in [1.82, 2.24) is 0 Å². The van der Waals surface area contributed by atoms with E-state index >= 15 is 0 Å². The molecule has 2 aromatic rings. The molecule has 116 valence electrons. The first-order chi connectivity index (χ1) is 11.0. The number of anilines is 1. The molecule has 0 atom stereocenters. The van der Waals surface area contributed by atoms with Gasteiger partial charge in [0, 0.05) is 15.7 Å². The quantitative estimate of drug-likeness (QED) is 0.619. The van der Waals surface area contributed by atoms with Crippen LogP contribution in [0.5, 0.6) is 0 Å². The van der Waals surface area contributed by atoms with E-state index in [-0.39, 0.29) is 5.57 Å². The number of aryl methyl sites for hydroxylation is 1. The highest BCUT2D eigenvalue weighted by atomic mass is 35.5. The lowest BCUT2D eigenvalue weighted by Gasteiger charge is -2.06. The molecule has 5 heteroatoms.